The van der Waals surface area contributed by atoms with Gasteiger partial charge in [0.25, 0.3) is 0 Å². The lowest BCUT2D eigenvalue weighted by Crippen LogP contribution is -2.66. The van der Waals surface area contributed by atoms with Crippen LogP contribution >= 0.6 is 0 Å². The molecule has 0 aliphatic carbocycles. The van der Waals surface area contributed by atoms with E-state index in [1.807, 2.05) is 20.8 Å². The number of esters is 3. The lowest BCUT2D eigenvalue weighted by atomic mass is 9.82. The van der Waals surface area contributed by atoms with E-state index in [9.17, 15) is 34.5 Å². The van der Waals surface area contributed by atoms with Crippen LogP contribution in [0.4, 0.5) is 0 Å². The van der Waals surface area contributed by atoms with Crippen molar-refractivity contribution < 1.29 is 72.4 Å². The van der Waals surface area contributed by atoms with Crippen LogP contribution in [-0.4, -0.2) is 151 Å². The molecule has 0 aromatic carbocycles. The average Bonchev–Trinajstić information content (AvgIpc) is 3.09. The van der Waals surface area contributed by atoms with Gasteiger partial charge in [-0.3, -0.25) is 14.4 Å². The third-order valence-electron chi connectivity index (χ3n) is 10.9. The predicted octanol–water partition coefficient (Wildman–Crippen LogP) is 3.01. The number of likely N-dealkylation sites (N-methyl/N-ethyl adjacent to an activating group) is 1. The molecular formula is C42H69NO15. The maximum Gasteiger partial charge on any atom is 0.309 e. The van der Waals surface area contributed by atoms with Crippen molar-refractivity contribution >= 4 is 24.2 Å². The van der Waals surface area contributed by atoms with Gasteiger partial charge in [-0.15, -0.1) is 0 Å². The van der Waals surface area contributed by atoms with E-state index in [-0.39, 0.29) is 31.6 Å². The lowest BCUT2D eigenvalue weighted by molar-refractivity contribution is -0.344. The minimum Gasteiger partial charge on any atom is -0.462 e. The molecule has 2 fully saturated rings. The van der Waals surface area contributed by atoms with Crippen molar-refractivity contribution in [2.45, 2.75) is 179 Å². The molecule has 0 aromatic rings. The minimum atomic E-state index is -1.50. The second-order valence-corrected chi connectivity index (χ2v) is 17.0. The van der Waals surface area contributed by atoms with Crippen molar-refractivity contribution in [1.29, 1.82) is 0 Å². The smallest absolute Gasteiger partial charge is 0.309 e. The van der Waals surface area contributed by atoms with E-state index in [1.54, 1.807) is 71.0 Å². The number of cyclic esters (lactones) is 1. The van der Waals surface area contributed by atoms with Crippen molar-refractivity contribution in [3.8, 4) is 0 Å². The van der Waals surface area contributed by atoms with Crippen molar-refractivity contribution in [1.82, 2.24) is 4.90 Å². The summed E-state index contributed by atoms with van der Waals surface area (Å²) >= 11 is 0. The quantitative estimate of drug-likeness (QED) is 0.147. The summed E-state index contributed by atoms with van der Waals surface area (Å²) in [6, 6.07) is -0.782. The molecule has 0 saturated carbocycles. The molecule has 0 amide bonds. The number of aliphatic hydroxyl groups is 3. The van der Waals surface area contributed by atoms with Gasteiger partial charge in [0.2, 0.25) is 0 Å². The Morgan fingerprint density at radius 3 is 2.29 bits per heavy atom. The fourth-order valence-corrected chi connectivity index (χ4v) is 8.08. The summed E-state index contributed by atoms with van der Waals surface area (Å²) in [7, 11) is 4.86. The number of hydrogen-bond acceptors (Lipinski definition) is 16. The third-order valence-corrected chi connectivity index (χ3v) is 10.9. The van der Waals surface area contributed by atoms with Gasteiger partial charge >= 0.3 is 17.9 Å². The van der Waals surface area contributed by atoms with Crippen LogP contribution in [0.15, 0.2) is 24.3 Å². The van der Waals surface area contributed by atoms with Crippen molar-refractivity contribution in [2.75, 3.05) is 21.2 Å². The molecular weight excluding hydrogens is 758 g/mol. The predicted molar refractivity (Wildman–Crippen MR) is 210 cm³/mol. The number of carbonyl (C=O) groups is 4. The van der Waals surface area contributed by atoms with E-state index < -0.39 is 121 Å². The highest BCUT2D eigenvalue weighted by molar-refractivity contribution is 5.72. The molecule has 3 aliphatic rings. The van der Waals surface area contributed by atoms with Crippen LogP contribution in [0.3, 0.4) is 0 Å². The monoisotopic (exact) mass is 827 g/mol. The van der Waals surface area contributed by atoms with Gasteiger partial charge in [0.05, 0.1) is 36.9 Å². The Labute approximate surface area is 343 Å². The van der Waals surface area contributed by atoms with Gasteiger partial charge in [-0.1, -0.05) is 45.1 Å². The summed E-state index contributed by atoms with van der Waals surface area (Å²) in [5.41, 5.74) is -1.50. The maximum atomic E-state index is 13.2. The average molecular weight is 828 g/mol. The van der Waals surface area contributed by atoms with Crippen LogP contribution in [0.25, 0.3) is 0 Å². The molecule has 0 aromatic heterocycles. The van der Waals surface area contributed by atoms with E-state index in [0.29, 0.717) is 12.7 Å². The molecule has 0 unspecified atom stereocenters. The SMILES string of the molecule is CO[C@H]1[C@@H](O[C@@H]2O[C@H](C)[C@H](O[C@@H]3C[C@](C)(O)[C@H](OC(=O)CC(C)C)[C@H](C)O3)[C@@H](N(C)C)[C@H]2O)[C@@H](CC=O)C[C@@H](C)[C@@H](O)C=CC=CC[C@@H](C)OC(=O)C[C@H]1OC(C)=O. The van der Waals surface area contributed by atoms with Crippen LogP contribution in [-0.2, 0) is 57.1 Å². The number of hydrogen-bond donors (Lipinski definition) is 3. The van der Waals surface area contributed by atoms with Gasteiger partial charge in [-0.25, -0.2) is 0 Å². The zero-order valence-corrected chi connectivity index (χ0v) is 36.1. The number of methoxy groups -OCH3 is 1. The van der Waals surface area contributed by atoms with E-state index in [2.05, 4.69) is 0 Å². The summed E-state index contributed by atoms with van der Waals surface area (Å²) < 4.78 is 48.6. The number of nitrogens with zero attached hydrogens (tertiary/aromatic N) is 1. The lowest BCUT2D eigenvalue weighted by Gasteiger charge is -2.50. The summed E-state index contributed by atoms with van der Waals surface area (Å²) in [4.78, 5) is 52.3. The fourth-order valence-electron chi connectivity index (χ4n) is 8.08. The van der Waals surface area contributed by atoms with Crippen LogP contribution in [0.2, 0.25) is 0 Å². The molecule has 332 valence electrons. The molecule has 3 N–H and O–H groups in total. The van der Waals surface area contributed by atoms with Crippen molar-refractivity contribution in [3.05, 3.63) is 24.3 Å². The highest BCUT2D eigenvalue weighted by Crippen LogP contribution is 2.38. The second kappa shape index (κ2) is 22.7. The first-order chi connectivity index (χ1) is 27.2. The number of rotatable bonds is 12. The number of allylic oxidation sites excluding steroid dienone is 2. The highest BCUT2D eigenvalue weighted by atomic mass is 16.7. The standard InChI is InChI=1S/C42H69NO15/c1-23(2)19-32(47)56-40-27(6)53-34(22-42(40,8)50)57-37-26(5)54-41(36(49)35(37)43(9)10)58-38-29(17-18-44)20-24(3)30(46)16-14-12-13-15-25(4)52-33(48)21-31(39(38)51-11)55-28(7)45/h12-14,16,18,23-27,29-31,34-41,46,49-50H,15,17,19-22H2,1-11H3/t24-,25-,26-,27+,29+,30+,31-,34-,35+,36-,37+,38+,39-,40-,41+,42+/m1/s1. The topological polar surface area (TPSA) is 206 Å². The van der Waals surface area contributed by atoms with Gasteiger partial charge in [0.1, 0.15) is 42.4 Å². The molecule has 0 bridgehead atoms. The van der Waals surface area contributed by atoms with Crippen LogP contribution < -0.4 is 0 Å². The van der Waals surface area contributed by atoms with Crippen molar-refractivity contribution in [3.63, 3.8) is 0 Å². The first-order valence-electron chi connectivity index (χ1n) is 20.4. The van der Waals surface area contributed by atoms with Gasteiger partial charge in [-0.2, -0.15) is 0 Å². The Kier molecular flexibility index (Phi) is 19.4. The number of carbonyl (C=O) groups excluding carboxylic acids is 4. The maximum absolute atomic E-state index is 13.2. The Morgan fingerprint density at radius 1 is 1.02 bits per heavy atom. The second-order valence-electron chi connectivity index (χ2n) is 17.0. The zero-order chi connectivity index (χ0) is 43.5. The van der Waals surface area contributed by atoms with Crippen LogP contribution in [0, 0.1) is 17.8 Å². The molecule has 2 saturated heterocycles. The first kappa shape index (κ1) is 49.6. The van der Waals surface area contributed by atoms with Crippen LogP contribution in [0.1, 0.15) is 93.9 Å². The Balaban J connectivity index is 1.98. The first-order valence-corrected chi connectivity index (χ1v) is 20.4. The largest absolute Gasteiger partial charge is 0.462 e. The third kappa shape index (κ3) is 14.2. The van der Waals surface area contributed by atoms with Gasteiger partial charge in [0, 0.05) is 39.7 Å². The molecule has 3 aliphatic heterocycles. The summed E-state index contributed by atoms with van der Waals surface area (Å²) in [5, 5.41) is 34.6. The molecule has 16 heteroatoms. The fraction of sp³-hybridized carbons (Fsp3) is 0.810. The Morgan fingerprint density at radius 2 is 1.71 bits per heavy atom. The van der Waals surface area contributed by atoms with E-state index in [0.717, 1.165) is 0 Å². The molecule has 16 nitrogen and oxygen atoms in total. The molecule has 0 spiro atoms. The summed E-state index contributed by atoms with van der Waals surface area (Å²) in [5.74, 6) is -2.82. The van der Waals surface area contributed by atoms with E-state index in [1.165, 1.54) is 14.0 Å². The Hall–Kier alpha value is -2.80. The summed E-state index contributed by atoms with van der Waals surface area (Å²) in [6.07, 6.45) is -4.11. The van der Waals surface area contributed by atoms with Crippen LogP contribution in [0.5, 0.6) is 0 Å². The molecule has 3 rings (SSSR count). The molecule has 0 radical (unpaired) electrons. The van der Waals surface area contributed by atoms with E-state index >= 15 is 0 Å². The van der Waals surface area contributed by atoms with Gasteiger partial charge in [0.15, 0.2) is 18.7 Å². The number of ether oxygens (including phenoxy) is 8. The zero-order valence-electron chi connectivity index (χ0n) is 36.1. The Bertz CT molecular complexity index is 1390. The number of aliphatic hydroxyl groups excluding tert-OH is 2. The van der Waals surface area contributed by atoms with Gasteiger partial charge in [-0.05, 0) is 66.0 Å². The van der Waals surface area contributed by atoms with E-state index in [4.69, 9.17) is 37.9 Å². The minimum absolute atomic E-state index is 0.0460. The summed E-state index contributed by atoms with van der Waals surface area (Å²) in [6.45, 7) is 13.5. The normalized spacial score (nSPS) is 39.6. The highest BCUT2D eigenvalue weighted by Gasteiger charge is 2.53. The molecule has 16 atom stereocenters. The number of aldehydes is 1. The van der Waals surface area contributed by atoms with Crippen molar-refractivity contribution in [2.24, 2.45) is 17.8 Å². The molecule has 58 heavy (non-hydrogen) atoms. The molecule has 3 heterocycles. The van der Waals surface area contributed by atoms with Gasteiger partial charge < -0.3 is 62.9 Å².